The molecule has 0 radical (unpaired) electrons. The van der Waals surface area contributed by atoms with Gasteiger partial charge in [0.1, 0.15) is 11.6 Å². The Hall–Kier alpha value is -1.00. The molecule has 1 aromatic carbocycles. The minimum Gasteiger partial charge on any atom is -0.329 e. The van der Waals surface area contributed by atoms with Crippen molar-refractivity contribution in [2.75, 3.05) is 13.1 Å². The summed E-state index contributed by atoms with van der Waals surface area (Å²) in [5.74, 6) is 0.293. The second-order valence-electron chi connectivity index (χ2n) is 6.17. The number of piperidine rings is 1. The average Bonchev–Trinajstić information content (AvgIpc) is 2.40. The molecule has 2 N–H and O–H groups in total. The van der Waals surface area contributed by atoms with Crippen LogP contribution >= 0.6 is 0 Å². The first-order valence-electron chi connectivity index (χ1n) is 7.34. The summed E-state index contributed by atoms with van der Waals surface area (Å²) in [4.78, 5) is 2.23. The third-order valence-corrected chi connectivity index (χ3v) is 4.58. The van der Waals surface area contributed by atoms with Gasteiger partial charge in [-0.15, -0.1) is 0 Å². The van der Waals surface area contributed by atoms with Gasteiger partial charge in [0.05, 0.1) is 6.04 Å². The maximum absolute atomic E-state index is 14.0. The highest BCUT2D eigenvalue weighted by Gasteiger charge is 2.34. The zero-order chi connectivity index (χ0) is 14.9. The molecule has 4 atom stereocenters. The van der Waals surface area contributed by atoms with Crippen LogP contribution in [0.5, 0.6) is 0 Å². The Labute approximate surface area is 120 Å². The number of hydrogen-bond acceptors (Lipinski definition) is 2. The van der Waals surface area contributed by atoms with Gasteiger partial charge in [0.25, 0.3) is 0 Å². The maximum atomic E-state index is 14.0. The van der Waals surface area contributed by atoms with E-state index in [1.807, 2.05) is 0 Å². The zero-order valence-electron chi connectivity index (χ0n) is 12.4. The van der Waals surface area contributed by atoms with E-state index in [9.17, 15) is 8.78 Å². The molecular formula is C16H24F2N2. The number of likely N-dealkylation sites (tertiary alicyclic amines) is 1. The molecule has 4 unspecified atom stereocenters. The molecule has 1 aromatic rings. The van der Waals surface area contributed by atoms with Gasteiger partial charge in [0.15, 0.2) is 0 Å². The highest BCUT2D eigenvalue weighted by atomic mass is 19.1. The predicted octanol–water partition coefficient (Wildman–Crippen LogP) is 3.33. The Balaban J connectivity index is 2.33. The molecule has 0 bridgehead atoms. The number of hydrogen-bond donors (Lipinski definition) is 1. The van der Waals surface area contributed by atoms with Crippen LogP contribution in [0, 0.1) is 23.5 Å². The molecule has 2 rings (SSSR count). The van der Waals surface area contributed by atoms with Crippen molar-refractivity contribution < 1.29 is 8.78 Å². The number of halogens is 2. The van der Waals surface area contributed by atoms with E-state index in [1.165, 1.54) is 18.6 Å². The quantitative estimate of drug-likeness (QED) is 0.921. The molecule has 1 saturated heterocycles. The fraction of sp³-hybridized carbons (Fsp3) is 0.625. The second kappa shape index (κ2) is 6.19. The lowest BCUT2D eigenvalue weighted by Gasteiger charge is -2.45. The van der Waals surface area contributed by atoms with Crippen molar-refractivity contribution >= 4 is 0 Å². The van der Waals surface area contributed by atoms with Crippen LogP contribution in [0.25, 0.3) is 0 Å². The van der Waals surface area contributed by atoms with E-state index in [0.29, 0.717) is 30.0 Å². The zero-order valence-corrected chi connectivity index (χ0v) is 12.4. The summed E-state index contributed by atoms with van der Waals surface area (Å²) in [5.41, 5.74) is 6.25. The Morgan fingerprint density at radius 3 is 2.65 bits per heavy atom. The number of rotatable bonds is 3. The third kappa shape index (κ3) is 3.01. The van der Waals surface area contributed by atoms with Gasteiger partial charge in [-0.2, -0.15) is 0 Å². The smallest absolute Gasteiger partial charge is 0.128 e. The van der Waals surface area contributed by atoms with Gasteiger partial charge >= 0.3 is 0 Å². The molecule has 1 aliphatic heterocycles. The summed E-state index contributed by atoms with van der Waals surface area (Å²) < 4.78 is 27.5. The van der Waals surface area contributed by atoms with Crippen LogP contribution in [0.1, 0.15) is 38.8 Å². The molecule has 1 aliphatic rings. The minimum absolute atomic E-state index is 0.258. The van der Waals surface area contributed by atoms with E-state index >= 15 is 0 Å². The minimum atomic E-state index is -0.411. The molecular weight excluding hydrogens is 258 g/mol. The number of nitrogens with zero attached hydrogens (tertiary/aromatic N) is 1. The first-order valence-corrected chi connectivity index (χ1v) is 7.34. The summed E-state index contributed by atoms with van der Waals surface area (Å²) >= 11 is 0. The monoisotopic (exact) mass is 282 g/mol. The van der Waals surface area contributed by atoms with Crippen LogP contribution < -0.4 is 5.73 Å². The first kappa shape index (κ1) is 15.4. The fourth-order valence-electron chi connectivity index (χ4n) is 3.38. The normalized spacial score (nSPS) is 29.4. The SMILES string of the molecule is CC1CC(C)C(C)N(C(CN)c2cc(F)ccc2F)C1. The van der Waals surface area contributed by atoms with Crippen molar-refractivity contribution in [3.05, 3.63) is 35.4 Å². The lowest BCUT2D eigenvalue weighted by molar-refractivity contribution is 0.0411. The van der Waals surface area contributed by atoms with Crippen LogP contribution in [-0.2, 0) is 0 Å². The lowest BCUT2D eigenvalue weighted by Crippen LogP contribution is -2.49. The van der Waals surface area contributed by atoms with Crippen LogP contribution in [0.15, 0.2) is 18.2 Å². The topological polar surface area (TPSA) is 29.3 Å². The molecule has 0 spiro atoms. The van der Waals surface area contributed by atoms with Gasteiger partial charge in [0, 0.05) is 24.7 Å². The van der Waals surface area contributed by atoms with Gasteiger partial charge in [-0.25, -0.2) is 8.78 Å². The van der Waals surface area contributed by atoms with Crippen molar-refractivity contribution in [2.45, 2.75) is 39.3 Å². The van der Waals surface area contributed by atoms with Gasteiger partial charge in [-0.05, 0) is 43.4 Å². The van der Waals surface area contributed by atoms with Crippen LogP contribution in [-0.4, -0.2) is 24.0 Å². The number of nitrogens with two attached hydrogens (primary N) is 1. The molecule has 1 fully saturated rings. The van der Waals surface area contributed by atoms with Crippen LogP contribution in [0.3, 0.4) is 0 Å². The fourth-order valence-corrected chi connectivity index (χ4v) is 3.38. The van der Waals surface area contributed by atoms with E-state index in [1.54, 1.807) is 0 Å². The summed E-state index contributed by atoms with van der Waals surface area (Å²) in [6, 6.07) is 3.68. The third-order valence-electron chi connectivity index (χ3n) is 4.58. The predicted molar refractivity (Wildman–Crippen MR) is 77.3 cm³/mol. The molecule has 20 heavy (non-hydrogen) atoms. The molecule has 4 heteroatoms. The Bertz CT molecular complexity index is 464. The summed E-state index contributed by atoms with van der Waals surface area (Å²) in [7, 11) is 0. The highest BCUT2D eigenvalue weighted by Crippen LogP contribution is 2.34. The number of benzene rings is 1. The van der Waals surface area contributed by atoms with Gasteiger partial charge < -0.3 is 5.73 Å². The highest BCUT2D eigenvalue weighted by molar-refractivity contribution is 5.23. The Morgan fingerprint density at radius 1 is 1.30 bits per heavy atom. The van der Waals surface area contributed by atoms with Gasteiger partial charge in [-0.3, -0.25) is 4.90 Å². The Kier molecular flexibility index (Phi) is 4.76. The summed E-state index contributed by atoms with van der Waals surface area (Å²) in [6.45, 7) is 7.73. The van der Waals surface area contributed by atoms with E-state index in [2.05, 4.69) is 25.7 Å². The second-order valence-corrected chi connectivity index (χ2v) is 6.17. The van der Waals surface area contributed by atoms with Crippen LogP contribution in [0.2, 0.25) is 0 Å². The average molecular weight is 282 g/mol. The molecule has 0 saturated carbocycles. The van der Waals surface area contributed by atoms with E-state index in [0.717, 1.165) is 12.6 Å². The van der Waals surface area contributed by atoms with E-state index in [-0.39, 0.29) is 11.9 Å². The molecule has 112 valence electrons. The van der Waals surface area contributed by atoms with Crippen LogP contribution in [0.4, 0.5) is 8.78 Å². The molecule has 0 amide bonds. The summed E-state index contributed by atoms with van der Waals surface area (Å²) in [5, 5.41) is 0. The maximum Gasteiger partial charge on any atom is 0.128 e. The van der Waals surface area contributed by atoms with Crippen molar-refractivity contribution in [3.63, 3.8) is 0 Å². The van der Waals surface area contributed by atoms with E-state index < -0.39 is 5.82 Å². The standard InChI is InChI=1S/C16H24F2N2/c1-10-6-11(2)12(3)20(9-10)16(8-19)14-7-13(17)4-5-15(14)18/h4-5,7,10-12,16H,6,8-9,19H2,1-3H3. The van der Waals surface area contributed by atoms with Crippen molar-refractivity contribution in [3.8, 4) is 0 Å². The van der Waals surface area contributed by atoms with E-state index in [4.69, 9.17) is 5.73 Å². The Morgan fingerprint density at radius 2 is 2.00 bits per heavy atom. The largest absolute Gasteiger partial charge is 0.329 e. The molecule has 0 aliphatic carbocycles. The summed E-state index contributed by atoms with van der Waals surface area (Å²) in [6.07, 6.45) is 1.17. The van der Waals surface area contributed by atoms with Gasteiger partial charge in [0.2, 0.25) is 0 Å². The lowest BCUT2D eigenvalue weighted by atomic mass is 9.84. The van der Waals surface area contributed by atoms with Crippen molar-refractivity contribution in [1.82, 2.24) is 4.90 Å². The van der Waals surface area contributed by atoms with Gasteiger partial charge in [-0.1, -0.05) is 13.8 Å². The first-order chi connectivity index (χ1) is 9.43. The molecule has 2 nitrogen and oxygen atoms in total. The van der Waals surface area contributed by atoms with Crippen molar-refractivity contribution in [2.24, 2.45) is 17.6 Å². The molecule has 0 aromatic heterocycles. The van der Waals surface area contributed by atoms with Crippen molar-refractivity contribution in [1.29, 1.82) is 0 Å². The molecule has 1 heterocycles.